The summed E-state index contributed by atoms with van der Waals surface area (Å²) in [5.41, 5.74) is 1.30. The molecule has 126 valence electrons. The van der Waals surface area contributed by atoms with Gasteiger partial charge in [0.15, 0.2) is 0 Å². The molecule has 0 saturated carbocycles. The Morgan fingerprint density at radius 3 is 2.73 bits per heavy atom. The van der Waals surface area contributed by atoms with E-state index < -0.39 is 10.0 Å². The van der Waals surface area contributed by atoms with Gasteiger partial charge in [-0.15, -0.1) is 0 Å². The van der Waals surface area contributed by atoms with Crippen molar-refractivity contribution < 1.29 is 8.42 Å². The van der Waals surface area contributed by atoms with Gasteiger partial charge in [0.2, 0.25) is 10.0 Å². The number of rotatable bonds is 7. The number of aryl methyl sites for hydroxylation is 1. The predicted octanol–water partition coefficient (Wildman–Crippen LogP) is 1.43. The number of nitrogens with zero attached hydrogens (tertiary/aromatic N) is 2. The van der Waals surface area contributed by atoms with Crippen LogP contribution in [-0.2, 0) is 16.6 Å². The summed E-state index contributed by atoms with van der Waals surface area (Å²) in [5, 5.41) is 7.69. The van der Waals surface area contributed by atoms with Crippen LogP contribution in [0.1, 0.15) is 38.1 Å². The SMILES string of the molecule is Cc1nn(CC(C)C)c(C)c1S(=O)(=O)NCCC1CCNC1. The Kier molecular flexibility index (Phi) is 5.63. The van der Waals surface area contributed by atoms with Crippen LogP contribution in [0.25, 0.3) is 0 Å². The number of aromatic nitrogens is 2. The lowest BCUT2D eigenvalue weighted by molar-refractivity contribution is 0.471. The van der Waals surface area contributed by atoms with E-state index in [1.54, 1.807) is 11.6 Å². The molecular weight excluding hydrogens is 300 g/mol. The molecule has 1 aliphatic heterocycles. The second kappa shape index (κ2) is 7.10. The molecule has 1 aromatic heterocycles. The predicted molar refractivity (Wildman–Crippen MR) is 87.3 cm³/mol. The Hall–Kier alpha value is -0.920. The van der Waals surface area contributed by atoms with Crippen molar-refractivity contribution in [2.45, 2.75) is 52.0 Å². The molecule has 6 nitrogen and oxygen atoms in total. The van der Waals surface area contributed by atoms with E-state index in [9.17, 15) is 8.42 Å². The monoisotopic (exact) mass is 328 g/mol. The minimum Gasteiger partial charge on any atom is -0.316 e. The van der Waals surface area contributed by atoms with Crippen LogP contribution in [0.3, 0.4) is 0 Å². The van der Waals surface area contributed by atoms with Crippen molar-refractivity contribution in [1.82, 2.24) is 19.8 Å². The first-order valence-electron chi connectivity index (χ1n) is 8.05. The fraction of sp³-hybridized carbons (Fsp3) is 0.800. The van der Waals surface area contributed by atoms with Crippen LogP contribution >= 0.6 is 0 Å². The maximum atomic E-state index is 12.6. The number of sulfonamides is 1. The Morgan fingerprint density at radius 1 is 1.41 bits per heavy atom. The molecule has 1 unspecified atom stereocenters. The van der Waals surface area contributed by atoms with Gasteiger partial charge < -0.3 is 5.32 Å². The molecule has 2 N–H and O–H groups in total. The molecule has 0 aromatic carbocycles. The van der Waals surface area contributed by atoms with Crippen LogP contribution in [0, 0.1) is 25.7 Å². The summed E-state index contributed by atoms with van der Waals surface area (Å²) >= 11 is 0. The minimum absolute atomic E-state index is 0.345. The van der Waals surface area contributed by atoms with Crippen LogP contribution in [0.5, 0.6) is 0 Å². The van der Waals surface area contributed by atoms with Crippen LogP contribution in [-0.4, -0.2) is 37.8 Å². The van der Waals surface area contributed by atoms with Gasteiger partial charge in [-0.1, -0.05) is 13.8 Å². The molecule has 2 heterocycles. The molecule has 7 heteroatoms. The zero-order valence-electron chi connectivity index (χ0n) is 14.0. The Labute approximate surface area is 133 Å². The lowest BCUT2D eigenvalue weighted by atomic mass is 10.1. The summed E-state index contributed by atoms with van der Waals surface area (Å²) in [4.78, 5) is 0.345. The second-order valence-electron chi connectivity index (χ2n) is 6.62. The summed E-state index contributed by atoms with van der Waals surface area (Å²) in [6.07, 6.45) is 2.01. The van der Waals surface area contributed by atoms with Crippen LogP contribution in [0.2, 0.25) is 0 Å². The molecule has 1 aliphatic rings. The second-order valence-corrected chi connectivity index (χ2v) is 8.32. The van der Waals surface area contributed by atoms with Gasteiger partial charge in [0.05, 0.1) is 11.4 Å². The van der Waals surface area contributed by atoms with E-state index >= 15 is 0 Å². The lowest BCUT2D eigenvalue weighted by Crippen LogP contribution is -2.27. The van der Waals surface area contributed by atoms with Gasteiger partial charge in [0, 0.05) is 13.1 Å². The first-order chi connectivity index (χ1) is 10.3. The average Bonchev–Trinajstić information content (AvgIpc) is 2.98. The van der Waals surface area contributed by atoms with Crippen molar-refractivity contribution >= 4 is 10.0 Å². The summed E-state index contributed by atoms with van der Waals surface area (Å²) < 4.78 is 29.7. The molecule has 22 heavy (non-hydrogen) atoms. The van der Waals surface area contributed by atoms with Gasteiger partial charge in [-0.3, -0.25) is 4.68 Å². The molecule has 2 rings (SSSR count). The van der Waals surface area contributed by atoms with Gasteiger partial charge in [-0.2, -0.15) is 5.10 Å². The van der Waals surface area contributed by atoms with Gasteiger partial charge in [0.1, 0.15) is 4.90 Å². The highest BCUT2D eigenvalue weighted by molar-refractivity contribution is 7.89. The molecule has 1 atom stereocenters. The molecule has 0 spiro atoms. The summed E-state index contributed by atoms with van der Waals surface area (Å²) in [6, 6.07) is 0. The largest absolute Gasteiger partial charge is 0.316 e. The van der Waals surface area contributed by atoms with Crippen LogP contribution in [0.4, 0.5) is 0 Å². The standard InChI is InChI=1S/C15H28N4O2S/c1-11(2)10-19-13(4)15(12(3)18-19)22(20,21)17-8-6-14-5-7-16-9-14/h11,14,16-17H,5-10H2,1-4H3. The Bertz CT molecular complexity index is 601. The molecule has 0 amide bonds. The van der Waals surface area contributed by atoms with Crippen LogP contribution in [0.15, 0.2) is 4.90 Å². The van der Waals surface area contributed by atoms with E-state index in [1.165, 1.54) is 0 Å². The van der Waals surface area contributed by atoms with E-state index in [-0.39, 0.29) is 0 Å². The Balaban J connectivity index is 2.06. The minimum atomic E-state index is -3.48. The van der Waals surface area contributed by atoms with Gasteiger partial charge in [-0.25, -0.2) is 13.1 Å². The quantitative estimate of drug-likeness (QED) is 0.794. The third-order valence-electron chi connectivity index (χ3n) is 4.13. The van der Waals surface area contributed by atoms with Crippen molar-refractivity contribution in [3.8, 4) is 0 Å². The van der Waals surface area contributed by atoms with Crippen LogP contribution < -0.4 is 10.0 Å². The smallest absolute Gasteiger partial charge is 0.244 e. The third kappa shape index (κ3) is 4.08. The maximum Gasteiger partial charge on any atom is 0.244 e. The molecule has 1 fully saturated rings. The van der Waals surface area contributed by atoms with E-state index in [0.29, 0.717) is 29.0 Å². The average molecular weight is 328 g/mol. The lowest BCUT2D eigenvalue weighted by Gasteiger charge is -2.11. The topological polar surface area (TPSA) is 76.0 Å². The number of nitrogens with one attached hydrogen (secondary N) is 2. The van der Waals surface area contributed by atoms with E-state index in [1.807, 2.05) is 6.92 Å². The fourth-order valence-electron chi connectivity index (χ4n) is 3.02. The normalized spacial score (nSPS) is 19.2. The number of hydrogen-bond donors (Lipinski definition) is 2. The van der Waals surface area contributed by atoms with Crippen molar-refractivity contribution in [2.75, 3.05) is 19.6 Å². The van der Waals surface area contributed by atoms with Gasteiger partial charge in [0.25, 0.3) is 0 Å². The fourth-order valence-corrected chi connectivity index (χ4v) is 4.48. The first-order valence-corrected chi connectivity index (χ1v) is 9.54. The number of hydrogen-bond acceptors (Lipinski definition) is 4. The van der Waals surface area contributed by atoms with Crippen molar-refractivity contribution in [3.63, 3.8) is 0 Å². The zero-order chi connectivity index (χ0) is 16.3. The molecular formula is C15H28N4O2S. The van der Waals surface area contributed by atoms with E-state index in [4.69, 9.17) is 0 Å². The molecule has 0 bridgehead atoms. The van der Waals surface area contributed by atoms with Crippen molar-refractivity contribution in [2.24, 2.45) is 11.8 Å². The highest BCUT2D eigenvalue weighted by atomic mass is 32.2. The van der Waals surface area contributed by atoms with Gasteiger partial charge >= 0.3 is 0 Å². The molecule has 0 radical (unpaired) electrons. The van der Waals surface area contributed by atoms with Crippen molar-refractivity contribution in [1.29, 1.82) is 0 Å². The summed E-state index contributed by atoms with van der Waals surface area (Å²) in [5.74, 6) is 1.00. The Morgan fingerprint density at radius 2 is 2.14 bits per heavy atom. The highest BCUT2D eigenvalue weighted by Gasteiger charge is 2.25. The summed E-state index contributed by atoms with van der Waals surface area (Å²) in [7, 11) is -3.48. The zero-order valence-corrected chi connectivity index (χ0v) is 14.8. The first kappa shape index (κ1) is 17.4. The third-order valence-corrected chi connectivity index (χ3v) is 5.84. The summed E-state index contributed by atoms with van der Waals surface area (Å²) in [6.45, 7) is 11.0. The highest BCUT2D eigenvalue weighted by Crippen LogP contribution is 2.20. The van der Waals surface area contributed by atoms with Gasteiger partial charge in [-0.05, 0) is 51.6 Å². The van der Waals surface area contributed by atoms with E-state index in [2.05, 4.69) is 29.0 Å². The van der Waals surface area contributed by atoms with E-state index in [0.717, 1.165) is 38.2 Å². The molecule has 0 aliphatic carbocycles. The molecule has 1 saturated heterocycles. The van der Waals surface area contributed by atoms with Crippen molar-refractivity contribution in [3.05, 3.63) is 11.4 Å². The molecule has 1 aromatic rings. The maximum absolute atomic E-state index is 12.6.